The van der Waals surface area contributed by atoms with Crippen LogP contribution in [0.3, 0.4) is 0 Å². The van der Waals surface area contributed by atoms with E-state index >= 15 is 0 Å². The molecule has 118 valence electrons. The molecule has 0 aliphatic heterocycles. The highest BCUT2D eigenvalue weighted by atomic mass is 32.2. The van der Waals surface area contributed by atoms with E-state index in [1.165, 1.54) is 16.0 Å². The lowest BCUT2D eigenvalue weighted by molar-refractivity contribution is -0.149. The van der Waals surface area contributed by atoms with E-state index in [0.717, 1.165) is 18.6 Å². The van der Waals surface area contributed by atoms with Gasteiger partial charge in [0.2, 0.25) is 0 Å². The minimum absolute atomic E-state index is 0.299. The molecule has 4 heteroatoms. The van der Waals surface area contributed by atoms with Crippen LogP contribution in [0.25, 0.3) is 0 Å². The summed E-state index contributed by atoms with van der Waals surface area (Å²) in [6.45, 7) is 8.20. The van der Waals surface area contributed by atoms with Crippen molar-refractivity contribution in [2.24, 2.45) is 5.73 Å². The van der Waals surface area contributed by atoms with Crippen molar-refractivity contribution in [1.82, 2.24) is 0 Å². The summed E-state index contributed by atoms with van der Waals surface area (Å²) in [6.07, 6.45) is 2.65. The maximum absolute atomic E-state index is 11.7. The molecule has 0 spiro atoms. The Morgan fingerprint density at radius 1 is 1.29 bits per heavy atom. The van der Waals surface area contributed by atoms with Crippen molar-refractivity contribution in [1.29, 1.82) is 0 Å². The SMILES string of the molecule is CCOC(=O)C(C)(N)CCCCSc1ccc(C)c(C)c1. The van der Waals surface area contributed by atoms with Gasteiger partial charge in [0.1, 0.15) is 5.54 Å². The number of thioether (sulfide) groups is 1. The van der Waals surface area contributed by atoms with Crippen LogP contribution in [-0.2, 0) is 9.53 Å². The van der Waals surface area contributed by atoms with Gasteiger partial charge in [-0.3, -0.25) is 4.79 Å². The molecule has 1 unspecified atom stereocenters. The van der Waals surface area contributed by atoms with Gasteiger partial charge in [0.15, 0.2) is 0 Å². The first-order valence-electron chi connectivity index (χ1n) is 7.53. The van der Waals surface area contributed by atoms with Gasteiger partial charge in [-0.15, -0.1) is 11.8 Å². The van der Waals surface area contributed by atoms with Crippen molar-refractivity contribution in [2.45, 2.75) is 57.4 Å². The van der Waals surface area contributed by atoms with E-state index in [0.29, 0.717) is 13.0 Å². The van der Waals surface area contributed by atoms with Gasteiger partial charge >= 0.3 is 5.97 Å². The quantitative estimate of drug-likeness (QED) is 0.450. The van der Waals surface area contributed by atoms with E-state index in [4.69, 9.17) is 10.5 Å². The van der Waals surface area contributed by atoms with Gasteiger partial charge in [0.25, 0.3) is 0 Å². The van der Waals surface area contributed by atoms with Gasteiger partial charge in [-0.25, -0.2) is 0 Å². The molecule has 2 N–H and O–H groups in total. The second-order valence-corrected chi connectivity index (χ2v) is 6.86. The maximum Gasteiger partial charge on any atom is 0.325 e. The lowest BCUT2D eigenvalue weighted by Gasteiger charge is -2.21. The molecule has 0 saturated carbocycles. The van der Waals surface area contributed by atoms with E-state index in [2.05, 4.69) is 32.0 Å². The minimum atomic E-state index is -0.860. The number of nitrogens with two attached hydrogens (primary N) is 1. The Balaban J connectivity index is 2.28. The first kappa shape index (κ1) is 18.1. The number of unbranched alkanes of at least 4 members (excludes halogenated alkanes) is 1. The number of carbonyl (C=O) groups is 1. The van der Waals surface area contributed by atoms with E-state index in [9.17, 15) is 4.79 Å². The largest absolute Gasteiger partial charge is 0.465 e. The molecule has 0 radical (unpaired) electrons. The zero-order chi connectivity index (χ0) is 15.9. The van der Waals surface area contributed by atoms with E-state index < -0.39 is 5.54 Å². The first-order chi connectivity index (χ1) is 9.86. The molecule has 0 aliphatic rings. The standard InChI is InChI=1S/C17H27NO2S/c1-5-20-16(19)17(4,18)10-6-7-11-21-15-9-8-13(2)14(3)12-15/h8-9,12H,5-7,10-11,18H2,1-4H3. The van der Waals surface area contributed by atoms with Crippen LogP contribution in [0.4, 0.5) is 0 Å². The van der Waals surface area contributed by atoms with Gasteiger partial charge < -0.3 is 10.5 Å². The molecule has 0 bridgehead atoms. The third kappa shape index (κ3) is 6.10. The van der Waals surface area contributed by atoms with Crippen molar-refractivity contribution in [2.75, 3.05) is 12.4 Å². The van der Waals surface area contributed by atoms with Gasteiger partial charge in [-0.05, 0) is 69.5 Å². The van der Waals surface area contributed by atoms with Crippen molar-refractivity contribution in [3.05, 3.63) is 29.3 Å². The summed E-state index contributed by atoms with van der Waals surface area (Å²) in [7, 11) is 0. The van der Waals surface area contributed by atoms with E-state index in [1.807, 2.05) is 11.8 Å². The number of esters is 1. The van der Waals surface area contributed by atoms with E-state index in [-0.39, 0.29) is 5.97 Å². The fourth-order valence-electron chi connectivity index (χ4n) is 1.99. The lowest BCUT2D eigenvalue weighted by Crippen LogP contribution is -2.46. The molecular formula is C17H27NO2S. The number of carbonyl (C=O) groups excluding carboxylic acids is 1. The summed E-state index contributed by atoms with van der Waals surface area (Å²) < 4.78 is 4.99. The second-order valence-electron chi connectivity index (χ2n) is 5.69. The van der Waals surface area contributed by atoms with Crippen LogP contribution in [0.5, 0.6) is 0 Å². The van der Waals surface area contributed by atoms with Gasteiger partial charge in [0.05, 0.1) is 6.61 Å². The molecule has 1 rings (SSSR count). The monoisotopic (exact) mass is 309 g/mol. The molecule has 3 nitrogen and oxygen atoms in total. The minimum Gasteiger partial charge on any atom is -0.465 e. The molecule has 0 heterocycles. The highest BCUT2D eigenvalue weighted by Gasteiger charge is 2.28. The molecule has 21 heavy (non-hydrogen) atoms. The Morgan fingerprint density at radius 3 is 2.62 bits per heavy atom. The Hall–Kier alpha value is -1.00. The van der Waals surface area contributed by atoms with Gasteiger partial charge in [0, 0.05) is 4.90 Å². The Kier molecular flexibility index (Phi) is 7.26. The maximum atomic E-state index is 11.7. The Labute approximate surface area is 132 Å². The van der Waals surface area contributed by atoms with Crippen molar-refractivity contribution < 1.29 is 9.53 Å². The molecule has 0 fully saturated rings. The predicted octanol–water partition coefficient (Wildman–Crippen LogP) is 3.85. The van der Waals surface area contributed by atoms with Crippen LogP contribution < -0.4 is 5.73 Å². The van der Waals surface area contributed by atoms with Crippen LogP contribution in [0, 0.1) is 13.8 Å². The number of aryl methyl sites for hydroxylation is 2. The van der Waals surface area contributed by atoms with Crippen LogP contribution in [0.1, 0.15) is 44.2 Å². The number of ether oxygens (including phenoxy) is 1. The topological polar surface area (TPSA) is 52.3 Å². The van der Waals surface area contributed by atoms with Crippen LogP contribution in [0.2, 0.25) is 0 Å². The smallest absolute Gasteiger partial charge is 0.325 e. The molecule has 0 saturated heterocycles. The third-order valence-corrected chi connectivity index (χ3v) is 4.66. The number of benzene rings is 1. The molecular weight excluding hydrogens is 282 g/mol. The zero-order valence-corrected chi connectivity index (χ0v) is 14.4. The highest BCUT2D eigenvalue weighted by molar-refractivity contribution is 7.99. The number of hydrogen-bond acceptors (Lipinski definition) is 4. The summed E-state index contributed by atoms with van der Waals surface area (Å²) >= 11 is 1.86. The van der Waals surface area contributed by atoms with Crippen molar-refractivity contribution in [3.8, 4) is 0 Å². The molecule has 0 aliphatic carbocycles. The Bertz CT molecular complexity index is 472. The average Bonchev–Trinajstić information content (AvgIpc) is 2.42. The number of rotatable bonds is 8. The van der Waals surface area contributed by atoms with Crippen molar-refractivity contribution >= 4 is 17.7 Å². The fourth-order valence-corrected chi connectivity index (χ4v) is 2.99. The molecule has 0 amide bonds. The van der Waals surface area contributed by atoms with Crippen LogP contribution >= 0.6 is 11.8 Å². The third-order valence-electron chi connectivity index (χ3n) is 3.58. The fraction of sp³-hybridized carbons (Fsp3) is 0.588. The highest BCUT2D eigenvalue weighted by Crippen LogP contribution is 2.23. The molecule has 1 atom stereocenters. The normalized spacial score (nSPS) is 13.8. The summed E-state index contributed by atoms with van der Waals surface area (Å²) in [5.41, 5.74) is 7.79. The summed E-state index contributed by atoms with van der Waals surface area (Å²) in [4.78, 5) is 13.0. The van der Waals surface area contributed by atoms with Gasteiger partial charge in [-0.2, -0.15) is 0 Å². The van der Waals surface area contributed by atoms with Crippen LogP contribution in [0.15, 0.2) is 23.1 Å². The van der Waals surface area contributed by atoms with Gasteiger partial charge in [-0.1, -0.05) is 12.5 Å². The molecule has 1 aromatic rings. The second kappa shape index (κ2) is 8.44. The lowest BCUT2D eigenvalue weighted by atomic mass is 9.96. The molecule has 1 aromatic carbocycles. The summed E-state index contributed by atoms with van der Waals surface area (Å²) in [6, 6.07) is 6.56. The Morgan fingerprint density at radius 2 is 2.00 bits per heavy atom. The van der Waals surface area contributed by atoms with Crippen LogP contribution in [-0.4, -0.2) is 23.9 Å². The van der Waals surface area contributed by atoms with Crippen molar-refractivity contribution in [3.63, 3.8) is 0 Å². The molecule has 0 aromatic heterocycles. The first-order valence-corrected chi connectivity index (χ1v) is 8.51. The average molecular weight is 309 g/mol. The summed E-state index contributed by atoms with van der Waals surface area (Å²) in [5, 5.41) is 0. The van der Waals surface area contributed by atoms with E-state index in [1.54, 1.807) is 13.8 Å². The summed E-state index contributed by atoms with van der Waals surface area (Å²) in [5.74, 6) is 0.744. The zero-order valence-electron chi connectivity index (χ0n) is 13.6. The predicted molar refractivity (Wildman–Crippen MR) is 89.7 cm³/mol. The number of hydrogen-bond donors (Lipinski definition) is 1.